The van der Waals surface area contributed by atoms with Crippen LogP contribution < -0.4 is 10.6 Å². The first-order valence-corrected chi connectivity index (χ1v) is 8.23. The molecule has 1 aliphatic heterocycles. The van der Waals surface area contributed by atoms with Crippen molar-refractivity contribution < 1.29 is 9.53 Å². The third kappa shape index (κ3) is 5.80. The van der Waals surface area contributed by atoms with Gasteiger partial charge in [-0.2, -0.15) is 5.10 Å². The minimum atomic E-state index is -0.0166. The lowest BCUT2D eigenvalue weighted by molar-refractivity contribution is -0.127. The summed E-state index contributed by atoms with van der Waals surface area (Å²) < 4.78 is 7.39. The van der Waals surface area contributed by atoms with Gasteiger partial charge in [0.25, 0.3) is 0 Å². The molecule has 1 amide bonds. The van der Waals surface area contributed by atoms with Crippen LogP contribution in [0.2, 0.25) is 0 Å². The van der Waals surface area contributed by atoms with Gasteiger partial charge in [0.2, 0.25) is 5.91 Å². The minimum Gasteiger partial charge on any atom is -0.376 e. The maximum absolute atomic E-state index is 11.8. The number of rotatable bonds is 6. The van der Waals surface area contributed by atoms with Crippen molar-refractivity contribution in [3.05, 3.63) is 12.2 Å². The van der Waals surface area contributed by atoms with Gasteiger partial charge >= 0.3 is 0 Å². The average molecular weight is 337 g/mol. The lowest BCUT2D eigenvalue weighted by Crippen LogP contribution is -2.45. The molecule has 1 saturated heterocycles. The Kier molecular flexibility index (Phi) is 6.98. The third-order valence-electron chi connectivity index (χ3n) is 3.86. The number of guanidine groups is 1. The summed E-state index contributed by atoms with van der Waals surface area (Å²) in [6.07, 6.45) is 5.03. The van der Waals surface area contributed by atoms with E-state index in [0.717, 1.165) is 25.3 Å². The molecule has 2 heterocycles. The van der Waals surface area contributed by atoms with E-state index in [9.17, 15) is 4.79 Å². The topological polar surface area (TPSA) is 96.7 Å². The number of hydrogen-bond donors (Lipinski definition) is 2. The van der Waals surface area contributed by atoms with Crippen LogP contribution in [0.3, 0.4) is 0 Å². The maximum Gasteiger partial charge on any atom is 0.241 e. The third-order valence-corrected chi connectivity index (χ3v) is 3.86. The molecule has 0 aliphatic carbocycles. The average Bonchev–Trinajstić information content (AvgIpc) is 2.99. The molecule has 9 nitrogen and oxygen atoms in total. The number of hydrogen-bond acceptors (Lipinski definition) is 5. The van der Waals surface area contributed by atoms with Crippen LogP contribution in [0.4, 0.5) is 0 Å². The fourth-order valence-corrected chi connectivity index (χ4v) is 2.28. The molecule has 1 aromatic rings. The summed E-state index contributed by atoms with van der Waals surface area (Å²) in [5.74, 6) is 1.31. The van der Waals surface area contributed by atoms with Gasteiger partial charge in [0.15, 0.2) is 5.96 Å². The van der Waals surface area contributed by atoms with E-state index in [1.807, 2.05) is 7.05 Å². The van der Waals surface area contributed by atoms with Gasteiger partial charge in [0.1, 0.15) is 18.7 Å². The first-order chi connectivity index (χ1) is 11.6. The van der Waals surface area contributed by atoms with E-state index in [0.29, 0.717) is 19.0 Å². The van der Waals surface area contributed by atoms with Gasteiger partial charge in [-0.3, -0.25) is 9.48 Å². The van der Waals surface area contributed by atoms with Gasteiger partial charge < -0.3 is 20.3 Å². The normalized spacial score (nSPS) is 18.3. The van der Waals surface area contributed by atoms with E-state index in [1.165, 1.54) is 17.6 Å². The quantitative estimate of drug-likeness (QED) is 0.537. The lowest BCUT2D eigenvalue weighted by atomic mass is 10.1. The molecule has 0 aromatic carbocycles. The highest BCUT2D eigenvalue weighted by Gasteiger charge is 2.14. The van der Waals surface area contributed by atoms with Crippen LogP contribution in [-0.2, 0) is 23.1 Å². The molecule has 1 aliphatic rings. The molecule has 1 atom stereocenters. The van der Waals surface area contributed by atoms with Crippen molar-refractivity contribution in [2.24, 2.45) is 12.0 Å². The van der Waals surface area contributed by atoms with Crippen LogP contribution in [0.15, 0.2) is 11.3 Å². The Hall–Kier alpha value is -2.16. The van der Waals surface area contributed by atoms with E-state index in [1.54, 1.807) is 18.8 Å². The molecule has 1 aromatic heterocycles. The van der Waals surface area contributed by atoms with Crippen molar-refractivity contribution in [2.75, 3.05) is 33.8 Å². The summed E-state index contributed by atoms with van der Waals surface area (Å²) in [6, 6.07) is 0. The van der Waals surface area contributed by atoms with Crippen molar-refractivity contribution in [1.82, 2.24) is 30.3 Å². The largest absolute Gasteiger partial charge is 0.376 e. The molecule has 9 heteroatoms. The summed E-state index contributed by atoms with van der Waals surface area (Å²) >= 11 is 0. The van der Waals surface area contributed by atoms with Crippen LogP contribution in [0.1, 0.15) is 25.1 Å². The predicted octanol–water partition coefficient (Wildman–Crippen LogP) is -0.492. The molecule has 134 valence electrons. The molecular formula is C15H27N7O2. The molecule has 0 saturated carbocycles. The van der Waals surface area contributed by atoms with E-state index in [2.05, 4.69) is 25.7 Å². The fourth-order valence-electron chi connectivity index (χ4n) is 2.28. The van der Waals surface area contributed by atoms with Gasteiger partial charge in [0, 0.05) is 34.3 Å². The number of carbonyl (C=O) groups is 1. The zero-order valence-corrected chi connectivity index (χ0v) is 14.7. The van der Waals surface area contributed by atoms with E-state index in [4.69, 9.17) is 4.74 Å². The zero-order chi connectivity index (χ0) is 17.4. The predicted molar refractivity (Wildman–Crippen MR) is 90.4 cm³/mol. The Bertz CT molecular complexity index is 550. The van der Waals surface area contributed by atoms with Crippen molar-refractivity contribution >= 4 is 11.9 Å². The van der Waals surface area contributed by atoms with E-state index < -0.39 is 0 Å². The Labute approximate surface area is 142 Å². The van der Waals surface area contributed by atoms with Crippen molar-refractivity contribution in [1.29, 1.82) is 0 Å². The Morgan fingerprint density at radius 1 is 1.46 bits per heavy atom. The molecule has 1 unspecified atom stereocenters. The lowest BCUT2D eigenvalue weighted by Gasteiger charge is -2.24. The molecule has 2 N–H and O–H groups in total. The molecule has 24 heavy (non-hydrogen) atoms. The monoisotopic (exact) mass is 337 g/mol. The van der Waals surface area contributed by atoms with Crippen LogP contribution in [0.5, 0.6) is 0 Å². The number of nitrogens with zero attached hydrogens (tertiary/aromatic N) is 5. The Morgan fingerprint density at radius 2 is 2.29 bits per heavy atom. The smallest absolute Gasteiger partial charge is 0.241 e. The summed E-state index contributed by atoms with van der Waals surface area (Å²) in [6.45, 7) is 2.04. The summed E-state index contributed by atoms with van der Waals surface area (Å²) in [5, 5.41) is 10.3. The van der Waals surface area contributed by atoms with Crippen LogP contribution in [0.25, 0.3) is 0 Å². The standard InChI is InChI=1S/C15H27N7O2/c1-21(2)14(23)10-18-15(16-8-12-6-4-5-7-24-12)17-9-13-19-11-20-22(13)3/h11-12H,4-10H2,1-3H3,(H2,16,17,18). The number of ether oxygens (including phenoxy) is 1. The molecular weight excluding hydrogens is 310 g/mol. The van der Waals surface area contributed by atoms with Gasteiger partial charge in [-0.25, -0.2) is 9.98 Å². The van der Waals surface area contributed by atoms with E-state index >= 15 is 0 Å². The fraction of sp³-hybridized carbons (Fsp3) is 0.733. The molecule has 0 bridgehead atoms. The summed E-state index contributed by atoms with van der Waals surface area (Å²) in [5.41, 5.74) is 0. The number of aliphatic imine (C=N–C) groups is 1. The molecule has 2 rings (SSSR count). The second-order valence-corrected chi connectivity index (χ2v) is 5.98. The molecule has 0 spiro atoms. The highest BCUT2D eigenvalue weighted by Crippen LogP contribution is 2.11. The Balaban J connectivity index is 1.91. The van der Waals surface area contributed by atoms with Crippen molar-refractivity contribution in [3.63, 3.8) is 0 Å². The van der Waals surface area contributed by atoms with Crippen molar-refractivity contribution in [3.8, 4) is 0 Å². The second-order valence-electron chi connectivity index (χ2n) is 5.98. The number of nitrogens with one attached hydrogen (secondary N) is 2. The molecule has 1 fully saturated rings. The van der Waals surface area contributed by atoms with Crippen LogP contribution >= 0.6 is 0 Å². The van der Waals surface area contributed by atoms with Crippen LogP contribution in [0, 0.1) is 0 Å². The number of likely N-dealkylation sites (N-methyl/N-ethyl adjacent to an activating group) is 1. The van der Waals surface area contributed by atoms with E-state index in [-0.39, 0.29) is 18.6 Å². The number of aromatic nitrogens is 3. The van der Waals surface area contributed by atoms with Gasteiger partial charge in [-0.1, -0.05) is 0 Å². The SMILES string of the molecule is CN(C)C(=O)CNC(=NCc1ncnn1C)NCC1CCCCO1. The number of carbonyl (C=O) groups excluding carboxylic acids is 1. The molecule has 0 radical (unpaired) electrons. The second kappa shape index (κ2) is 9.21. The number of aryl methyl sites for hydroxylation is 1. The minimum absolute atomic E-state index is 0.0166. The van der Waals surface area contributed by atoms with Crippen LogP contribution in [-0.4, -0.2) is 71.4 Å². The zero-order valence-electron chi connectivity index (χ0n) is 14.7. The van der Waals surface area contributed by atoms with Gasteiger partial charge in [-0.15, -0.1) is 0 Å². The highest BCUT2D eigenvalue weighted by molar-refractivity contribution is 5.86. The summed E-state index contributed by atoms with van der Waals surface area (Å²) in [7, 11) is 5.27. The first-order valence-electron chi connectivity index (χ1n) is 8.23. The number of amides is 1. The van der Waals surface area contributed by atoms with Gasteiger partial charge in [-0.05, 0) is 19.3 Å². The maximum atomic E-state index is 11.8. The van der Waals surface area contributed by atoms with Crippen molar-refractivity contribution in [2.45, 2.75) is 31.9 Å². The Morgan fingerprint density at radius 3 is 2.92 bits per heavy atom. The summed E-state index contributed by atoms with van der Waals surface area (Å²) in [4.78, 5) is 21.9. The van der Waals surface area contributed by atoms with Gasteiger partial charge in [0.05, 0.1) is 12.6 Å². The highest BCUT2D eigenvalue weighted by atomic mass is 16.5. The first kappa shape index (κ1) is 18.2.